The summed E-state index contributed by atoms with van der Waals surface area (Å²) in [7, 11) is 1.08. The largest absolute Gasteiger partial charge is 0.349 e. The molecule has 210 valence electrons. The lowest BCUT2D eigenvalue weighted by atomic mass is 9.84. The SMILES string of the molecule is CN(c1ccc2c(c1)NC(N)(C1CCCCC1)N2C)c1ccnc(Nc2ccc(CCS(C)(=O)=O)cc2)n1.Cl. The minimum absolute atomic E-state index is 0. The maximum Gasteiger partial charge on any atom is 0.229 e. The minimum atomic E-state index is -2.99. The highest BCUT2D eigenvalue weighted by Gasteiger charge is 2.44. The van der Waals surface area contributed by atoms with E-state index in [0.717, 1.165) is 47.0 Å². The van der Waals surface area contributed by atoms with E-state index in [1.54, 1.807) is 6.20 Å². The molecular weight excluding hydrogens is 534 g/mol. The van der Waals surface area contributed by atoms with Gasteiger partial charge in [0.05, 0.1) is 17.1 Å². The zero-order chi connectivity index (χ0) is 26.9. The number of sulfone groups is 1. The van der Waals surface area contributed by atoms with Crippen molar-refractivity contribution in [1.29, 1.82) is 0 Å². The summed E-state index contributed by atoms with van der Waals surface area (Å²) >= 11 is 0. The molecule has 1 aromatic heterocycles. The molecule has 2 heterocycles. The highest BCUT2D eigenvalue weighted by molar-refractivity contribution is 7.90. The molecule has 2 aromatic carbocycles. The Kier molecular flexibility index (Phi) is 8.58. The number of nitrogens with zero attached hydrogens (tertiary/aromatic N) is 4. The second-order valence-electron chi connectivity index (χ2n) is 10.5. The summed E-state index contributed by atoms with van der Waals surface area (Å²) in [5.41, 5.74) is 11.9. The van der Waals surface area contributed by atoms with Gasteiger partial charge in [0.25, 0.3) is 0 Å². The van der Waals surface area contributed by atoms with Gasteiger partial charge in [-0.2, -0.15) is 4.98 Å². The van der Waals surface area contributed by atoms with Crippen molar-refractivity contribution in [2.45, 2.75) is 44.3 Å². The number of halogens is 1. The zero-order valence-corrected chi connectivity index (χ0v) is 24.4. The molecular formula is C28H38ClN7O2S. The molecule has 0 saturated heterocycles. The highest BCUT2D eigenvalue weighted by Crippen LogP contribution is 2.45. The molecule has 2 aliphatic rings. The van der Waals surface area contributed by atoms with Crippen LogP contribution in [0.5, 0.6) is 0 Å². The maximum atomic E-state index is 11.4. The smallest absolute Gasteiger partial charge is 0.229 e. The Morgan fingerprint density at radius 3 is 2.54 bits per heavy atom. The third kappa shape index (κ3) is 6.40. The number of aromatic nitrogens is 2. The Balaban J connectivity index is 0.00000353. The molecule has 0 radical (unpaired) electrons. The average Bonchev–Trinajstić information content (AvgIpc) is 3.18. The van der Waals surface area contributed by atoms with Crippen LogP contribution in [0.1, 0.15) is 37.7 Å². The number of anilines is 6. The van der Waals surface area contributed by atoms with Crippen molar-refractivity contribution in [3.05, 3.63) is 60.3 Å². The molecule has 0 amide bonds. The molecule has 39 heavy (non-hydrogen) atoms. The summed E-state index contributed by atoms with van der Waals surface area (Å²) in [6.45, 7) is 0. The van der Waals surface area contributed by atoms with E-state index >= 15 is 0 Å². The summed E-state index contributed by atoms with van der Waals surface area (Å²) < 4.78 is 22.8. The van der Waals surface area contributed by atoms with Crippen molar-refractivity contribution in [2.24, 2.45) is 11.7 Å². The molecule has 0 spiro atoms. The monoisotopic (exact) mass is 571 g/mol. The van der Waals surface area contributed by atoms with E-state index in [2.05, 4.69) is 45.8 Å². The van der Waals surface area contributed by atoms with Gasteiger partial charge in [-0.25, -0.2) is 13.4 Å². The quantitative estimate of drug-likeness (QED) is 0.341. The highest BCUT2D eigenvalue weighted by atomic mass is 35.5. The number of fused-ring (bicyclic) bond motifs is 1. The van der Waals surface area contributed by atoms with E-state index in [1.165, 1.54) is 25.5 Å². The molecule has 5 rings (SSSR count). The second-order valence-corrected chi connectivity index (χ2v) is 12.8. The Morgan fingerprint density at radius 1 is 1.13 bits per heavy atom. The first-order valence-electron chi connectivity index (χ1n) is 13.2. The van der Waals surface area contributed by atoms with Crippen molar-refractivity contribution >= 4 is 56.8 Å². The third-order valence-corrected chi connectivity index (χ3v) is 8.75. The number of rotatable bonds is 8. The molecule has 3 aromatic rings. The number of hydrogen-bond donors (Lipinski definition) is 3. The summed E-state index contributed by atoms with van der Waals surface area (Å²) in [5, 5.41) is 6.88. The van der Waals surface area contributed by atoms with Gasteiger partial charge in [-0.3, -0.25) is 5.73 Å². The van der Waals surface area contributed by atoms with Crippen LogP contribution in [0.15, 0.2) is 54.7 Å². The molecule has 1 atom stereocenters. The van der Waals surface area contributed by atoms with Gasteiger partial charge in [0, 0.05) is 43.8 Å². The molecule has 1 unspecified atom stereocenters. The van der Waals surface area contributed by atoms with Gasteiger partial charge in [-0.05, 0) is 61.2 Å². The summed E-state index contributed by atoms with van der Waals surface area (Å²) in [5.74, 6) is 1.23. The molecule has 9 nitrogen and oxygen atoms in total. The maximum absolute atomic E-state index is 11.4. The average molecular weight is 572 g/mol. The van der Waals surface area contributed by atoms with Crippen LogP contribution >= 0.6 is 12.4 Å². The number of nitrogens with two attached hydrogens (primary N) is 1. The number of aryl methyl sites for hydroxylation is 1. The first-order chi connectivity index (χ1) is 18.1. The molecule has 1 fully saturated rings. The Morgan fingerprint density at radius 2 is 1.85 bits per heavy atom. The fourth-order valence-electron chi connectivity index (χ4n) is 5.46. The standard InChI is InChI=1S/C28H37N7O2S.ClH/c1-34(23-13-14-25-24(19-23)33-28(29,35(25)2)21-7-5-4-6-8-21)26-15-17-30-27(32-26)31-22-11-9-20(10-12-22)16-18-38(3,36)37;/h9-15,17,19,21,33H,4-8,16,18,29H2,1-3H3,(H,30,31,32);1H. The van der Waals surface area contributed by atoms with Crippen LogP contribution in [-0.2, 0) is 16.3 Å². The predicted octanol–water partition coefficient (Wildman–Crippen LogP) is 5.05. The Hall–Kier alpha value is -3.08. The van der Waals surface area contributed by atoms with Gasteiger partial charge >= 0.3 is 0 Å². The van der Waals surface area contributed by atoms with Gasteiger partial charge in [0.1, 0.15) is 15.7 Å². The van der Waals surface area contributed by atoms with Gasteiger partial charge in [-0.1, -0.05) is 31.4 Å². The van der Waals surface area contributed by atoms with E-state index < -0.39 is 15.6 Å². The van der Waals surface area contributed by atoms with Crippen LogP contribution in [-0.4, -0.2) is 50.3 Å². The van der Waals surface area contributed by atoms with Crippen LogP contribution in [0.25, 0.3) is 0 Å². The first-order valence-corrected chi connectivity index (χ1v) is 15.2. The Labute approximate surface area is 237 Å². The van der Waals surface area contributed by atoms with Crippen molar-refractivity contribution in [3.8, 4) is 0 Å². The predicted molar refractivity (Wildman–Crippen MR) is 162 cm³/mol. The second kappa shape index (κ2) is 11.6. The van der Waals surface area contributed by atoms with E-state index in [0.29, 0.717) is 18.3 Å². The molecule has 0 bridgehead atoms. The molecule has 1 aliphatic carbocycles. The lowest BCUT2D eigenvalue weighted by Gasteiger charge is -2.42. The van der Waals surface area contributed by atoms with Crippen LogP contribution in [0.3, 0.4) is 0 Å². The topological polar surface area (TPSA) is 116 Å². The van der Waals surface area contributed by atoms with Gasteiger partial charge in [0.15, 0.2) is 5.79 Å². The lowest BCUT2D eigenvalue weighted by molar-refractivity contribution is 0.235. The molecule has 1 saturated carbocycles. The fraction of sp³-hybridized carbons (Fsp3) is 0.429. The first kappa shape index (κ1) is 28.9. The normalized spacial score (nSPS) is 19.1. The Bertz CT molecular complexity index is 1400. The van der Waals surface area contributed by atoms with Gasteiger partial charge < -0.3 is 20.4 Å². The van der Waals surface area contributed by atoms with Crippen LogP contribution in [0.2, 0.25) is 0 Å². The van der Waals surface area contributed by atoms with Crippen molar-refractivity contribution in [3.63, 3.8) is 0 Å². The molecule has 1 aliphatic heterocycles. The van der Waals surface area contributed by atoms with Crippen molar-refractivity contribution in [1.82, 2.24) is 9.97 Å². The van der Waals surface area contributed by atoms with Crippen LogP contribution < -0.4 is 26.2 Å². The molecule has 4 N–H and O–H groups in total. The zero-order valence-electron chi connectivity index (χ0n) is 22.7. The van der Waals surface area contributed by atoms with E-state index in [-0.39, 0.29) is 18.2 Å². The van der Waals surface area contributed by atoms with Crippen molar-refractivity contribution < 1.29 is 8.42 Å². The van der Waals surface area contributed by atoms with Gasteiger partial charge in [-0.15, -0.1) is 12.4 Å². The fourth-order valence-corrected chi connectivity index (χ4v) is 6.06. The van der Waals surface area contributed by atoms with Crippen LogP contribution in [0.4, 0.5) is 34.5 Å². The summed E-state index contributed by atoms with van der Waals surface area (Å²) in [4.78, 5) is 13.3. The van der Waals surface area contributed by atoms with Crippen LogP contribution in [0, 0.1) is 5.92 Å². The number of hydrogen-bond acceptors (Lipinski definition) is 9. The van der Waals surface area contributed by atoms with Gasteiger partial charge in [0.2, 0.25) is 5.95 Å². The summed E-state index contributed by atoms with van der Waals surface area (Å²) in [6.07, 6.45) is 9.54. The third-order valence-electron chi connectivity index (χ3n) is 7.80. The lowest BCUT2D eigenvalue weighted by Crippen LogP contribution is -2.62. The number of benzene rings is 2. The molecule has 11 heteroatoms. The van der Waals surface area contributed by atoms with E-state index in [1.807, 2.05) is 42.3 Å². The number of nitrogens with one attached hydrogen (secondary N) is 2. The minimum Gasteiger partial charge on any atom is -0.349 e. The van der Waals surface area contributed by atoms with Crippen molar-refractivity contribution in [2.75, 3.05) is 46.5 Å². The van der Waals surface area contributed by atoms with E-state index in [9.17, 15) is 8.42 Å². The van der Waals surface area contributed by atoms with E-state index in [4.69, 9.17) is 10.7 Å². The summed E-state index contributed by atoms with van der Waals surface area (Å²) in [6, 6.07) is 15.9.